The number of rotatable bonds is 2. The first-order chi connectivity index (χ1) is 11.7. The van der Waals surface area contributed by atoms with Gasteiger partial charge < -0.3 is 14.4 Å². The molecule has 1 atom stereocenters. The molecule has 124 valence electrons. The van der Waals surface area contributed by atoms with Gasteiger partial charge in [0, 0.05) is 17.1 Å². The lowest BCUT2D eigenvalue weighted by Gasteiger charge is -2.27. The Bertz CT molecular complexity index is 777. The first-order valence-electron chi connectivity index (χ1n) is 8.18. The maximum absolute atomic E-state index is 12.9. The molecule has 0 bridgehead atoms. The predicted molar refractivity (Wildman–Crippen MR) is 91.9 cm³/mol. The molecular weight excluding hydrogens is 326 g/mol. The SMILES string of the molecule is O=C(c1cccc(Cl)c1)N1CCC[C@H]1c1ccc2c(c1)OCCO2. The van der Waals surface area contributed by atoms with E-state index in [1.165, 1.54) is 0 Å². The molecule has 0 N–H and O–H groups in total. The van der Waals surface area contributed by atoms with Gasteiger partial charge in [-0.15, -0.1) is 0 Å². The second-order valence-electron chi connectivity index (χ2n) is 6.07. The Labute approximate surface area is 145 Å². The second-order valence-corrected chi connectivity index (χ2v) is 6.51. The van der Waals surface area contributed by atoms with E-state index in [0.717, 1.165) is 36.4 Å². The van der Waals surface area contributed by atoms with Crippen molar-refractivity contribution in [3.05, 3.63) is 58.6 Å². The zero-order valence-corrected chi connectivity index (χ0v) is 14.0. The number of ether oxygens (including phenoxy) is 2. The third kappa shape index (κ3) is 2.82. The van der Waals surface area contributed by atoms with Gasteiger partial charge in [-0.2, -0.15) is 0 Å². The molecule has 0 aromatic heterocycles. The van der Waals surface area contributed by atoms with E-state index in [4.69, 9.17) is 21.1 Å². The highest BCUT2D eigenvalue weighted by Crippen LogP contribution is 2.38. The number of benzene rings is 2. The number of hydrogen-bond acceptors (Lipinski definition) is 3. The summed E-state index contributed by atoms with van der Waals surface area (Å²) < 4.78 is 11.3. The summed E-state index contributed by atoms with van der Waals surface area (Å²) in [6, 6.07) is 13.2. The number of amides is 1. The lowest BCUT2D eigenvalue weighted by molar-refractivity contribution is 0.0735. The summed E-state index contributed by atoms with van der Waals surface area (Å²) in [5.41, 5.74) is 1.72. The summed E-state index contributed by atoms with van der Waals surface area (Å²) in [5.74, 6) is 1.56. The van der Waals surface area contributed by atoms with Gasteiger partial charge in [0.1, 0.15) is 13.2 Å². The van der Waals surface area contributed by atoms with Crippen molar-refractivity contribution in [2.24, 2.45) is 0 Å². The first kappa shape index (κ1) is 15.3. The molecular formula is C19H18ClNO3. The van der Waals surface area contributed by atoms with E-state index in [9.17, 15) is 4.79 Å². The molecule has 24 heavy (non-hydrogen) atoms. The molecule has 4 nitrogen and oxygen atoms in total. The van der Waals surface area contributed by atoms with E-state index >= 15 is 0 Å². The minimum atomic E-state index is 0.0230. The summed E-state index contributed by atoms with van der Waals surface area (Å²) in [6.45, 7) is 1.89. The molecule has 5 heteroatoms. The van der Waals surface area contributed by atoms with E-state index in [2.05, 4.69) is 0 Å². The summed E-state index contributed by atoms with van der Waals surface area (Å²) in [5, 5.41) is 0.580. The molecule has 0 spiro atoms. The normalized spacial score (nSPS) is 19.4. The highest BCUT2D eigenvalue weighted by atomic mass is 35.5. The smallest absolute Gasteiger partial charge is 0.254 e. The van der Waals surface area contributed by atoms with Crippen LogP contribution in [0.15, 0.2) is 42.5 Å². The van der Waals surface area contributed by atoms with Crippen LogP contribution in [0.3, 0.4) is 0 Å². The Hall–Kier alpha value is -2.20. The van der Waals surface area contributed by atoms with Crippen molar-refractivity contribution in [2.45, 2.75) is 18.9 Å². The number of carbonyl (C=O) groups excluding carboxylic acids is 1. The van der Waals surface area contributed by atoms with Crippen LogP contribution in [0.4, 0.5) is 0 Å². The minimum Gasteiger partial charge on any atom is -0.486 e. The van der Waals surface area contributed by atoms with Gasteiger partial charge in [0.05, 0.1) is 6.04 Å². The molecule has 1 amide bonds. The standard InChI is InChI=1S/C19H18ClNO3/c20-15-4-1-3-14(11-15)19(22)21-8-2-5-16(21)13-6-7-17-18(12-13)24-10-9-23-17/h1,3-4,6-7,11-12,16H,2,5,8-10H2/t16-/m0/s1. The van der Waals surface area contributed by atoms with Crippen LogP contribution >= 0.6 is 11.6 Å². The second kappa shape index (κ2) is 6.36. The fourth-order valence-electron chi connectivity index (χ4n) is 3.41. The molecule has 0 radical (unpaired) electrons. The molecule has 4 rings (SSSR count). The van der Waals surface area contributed by atoms with Crippen molar-refractivity contribution >= 4 is 17.5 Å². The Kier molecular flexibility index (Phi) is 4.07. The summed E-state index contributed by atoms with van der Waals surface area (Å²) >= 11 is 6.03. The molecule has 1 saturated heterocycles. The fraction of sp³-hybridized carbons (Fsp3) is 0.316. The van der Waals surface area contributed by atoms with E-state index in [1.807, 2.05) is 35.2 Å². The highest BCUT2D eigenvalue weighted by Gasteiger charge is 2.31. The van der Waals surface area contributed by atoms with Crippen LogP contribution in [-0.2, 0) is 0 Å². The van der Waals surface area contributed by atoms with Gasteiger partial charge in [0.15, 0.2) is 11.5 Å². The minimum absolute atomic E-state index is 0.0230. The van der Waals surface area contributed by atoms with Crippen LogP contribution in [-0.4, -0.2) is 30.6 Å². The number of hydrogen-bond donors (Lipinski definition) is 0. The Morgan fingerprint density at radius 2 is 1.92 bits per heavy atom. The van der Waals surface area contributed by atoms with Gasteiger partial charge in [0.2, 0.25) is 0 Å². The molecule has 0 aliphatic carbocycles. The molecule has 0 unspecified atom stereocenters. The lowest BCUT2D eigenvalue weighted by Crippen LogP contribution is -2.30. The number of fused-ring (bicyclic) bond motifs is 1. The molecule has 2 aromatic carbocycles. The number of carbonyl (C=O) groups is 1. The van der Waals surface area contributed by atoms with Crippen molar-refractivity contribution in [1.29, 1.82) is 0 Å². The van der Waals surface area contributed by atoms with Crippen molar-refractivity contribution in [3.8, 4) is 11.5 Å². The van der Waals surface area contributed by atoms with Crippen LogP contribution in [0.1, 0.15) is 34.8 Å². The van der Waals surface area contributed by atoms with Gasteiger partial charge >= 0.3 is 0 Å². The maximum atomic E-state index is 12.9. The Balaban J connectivity index is 1.62. The Morgan fingerprint density at radius 1 is 1.08 bits per heavy atom. The first-order valence-corrected chi connectivity index (χ1v) is 8.56. The lowest BCUT2D eigenvalue weighted by atomic mass is 10.0. The highest BCUT2D eigenvalue weighted by molar-refractivity contribution is 6.30. The number of likely N-dealkylation sites (tertiary alicyclic amines) is 1. The van der Waals surface area contributed by atoms with Crippen LogP contribution in [0.2, 0.25) is 5.02 Å². The maximum Gasteiger partial charge on any atom is 0.254 e. The van der Waals surface area contributed by atoms with Crippen molar-refractivity contribution in [2.75, 3.05) is 19.8 Å². The predicted octanol–water partition coefficient (Wildman–Crippen LogP) is 4.09. The van der Waals surface area contributed by atoms with Gasteiger partial charge in [-0.25, -0.2) is 0 Å². The van der Waals surface area contributed by atoms with Gasteiger partial charge in [-0.3, -0.25) is 4.79 Å². The van der Waals surface area contributed by atoms with Gasteiger partial charge in [-0.1, -0.05) is 23.7 Å². The Morgan fingerprint density at radius 3 is 2.75 bits per heavy atom. The topological polar surface area (TPSA) is 38.8 Å². The largest absolute Gasteiger partial charge is 0.486 e. The van der Waals surface area contributed by atoms with Crippen LogP contribution < -0.4 is 9.47 Å². The van der Waals surface area contributed by atoms with E-state index < -0.39 is 0 Å². The molecule has 2 aromatic rings. The van der Waals surface area contributed by atoms with Crippen molar-refractivity contribution < 1.29 is 14.3 Å². The molecule has 2 aliphatic heterocycles. The van der Waals surface area contributed by atoms with E-state index in [-0.39, 0.29) is 11.9 Å². The fourth-order valence-corrected chi connectivity index (χ4v) is 3.60. The molecule has 0 saturated carbocycles. The molecule has 2 heterocycles. The zero-order valence-electron chi connectivity index (χ0n) is 13.2. The zero-order chi connectivity index (χ0) is 16.5. The van der Waals surface area contributed by atoms with Crippen molar-refractivity contribution in [1.82, 2.24) is 4.90 Å². The summed E-state index contributed by atoms with van der Waals surface area (Å²) in [6.07, 6.45) is 1.94. The van der Waals surface area contributed by atoms with Gasteiger partial charge in [0.25, 0.3) is 5.91 Å². The van der Waals surface area contributed by atoms with E-state index in [0.29, 0.717) is 23.8 Å². The number of nitrogens with zero attached hydrogens (tertiary/aromatic N) is 1. The third-order valence-corrected chi connectivity index (χ3v) is 4.77. The third-order valence-electron chi connectivity index (χ3n) is 4.54. The van der Waals surface area contributed by atoms with Crippen LogP contribution in [0, 0.1) is 0 Å². The summed E-state index contributed by atoms with van der Waals surface area (Å²) in [7, 11) is 0. The van der Waals surface area contributed by atoms with Crippen LogP contribution in [0.25, 0.3) is 0 Å². The average Bonchev–Trinajstić information content (AvgIpc) is 3.10. The van der Waals surface area contributed by atoms with Crippen LogP contribution in [0.5, 0.6) is 11.5 Å². The van der Waals surface area contributed by atoms with Gasteiger partial charge in [-0.05, 0) is 48.7 Å². The average molecular weight is 344 g/mol. The van der Waals surface area contributed by atoms with Crippen molar-refractivity contribution in [3.63, 3.8) is 0 Å². The summed E-state index contributed by atoms with van der Waals surface area (Å²) in [4.78, 5) is 14.8. The molecule has 2 aliphatic rings. The monoisotopic (exact) mass is 343 g/mol. The molecule has 1 fully saturated rings. The van der Waals surface area contributed by atoms with E-state index in [1.54, 1.807) is 12.1 Å². The number of halogens is 1. The quantitative estimate of drug-likeness (QED) is 0.824.